The zero-order chi connectivity index (χ0) is 11.7. The van der Waals surface area contributed by atoms with Crippen LogP contribution in [0.25, 0.3) is 0 Å². The van der Waals surface area contributed by atoms with Crippen molar-refractivity contribution in [2.45, 2.75) is 38.5 Å². The molecule has 3 nitrogen and oxygen atoms in total. The molecule has 1 saturated carbocycles. The minimum absolute atomic E-state index is 0.710. The number of nitrogens with zero attached hydrogens (tertiary/aromatic N) is 3. The number of hydrogen-bond donors (Lipinski definition) is 0. The Morgan fingerprint density at radius 1 is 1.29 bits per heavy atom. The monoisotopic (exact) mass is 233 g/mol. The van der Waals surface area contributed by atoms with Crippen molar-refractivity contribution < 1.29 is 0 Å². The number of imidazole rings is 1. The topological polar surface area (TPSA) is 21.1 Å². The standard InChI is InChI=1S/C14H23N3/c1-16-11-8-15-13(16)4-9-17-10-7-14(12-17)5-2-3-6-14/h8,11H,2-7,9-10,12H2,1H3. The number of likely N-dealkylation sites (tertiary alicyclic amines) is 1. The lowest BCUT2D eigenvalue weighted by Gasteiger charge is -2.23. The molecular weight excluding hydrogens is 210 g/mol. The van der Waals surface area contributed by atoms with Gasteiger partial charge in [0.25, 0.3) is 0 Å². The van der Waals surface area contributed by atoms with Gasteiger partial charge in [-0.25, -0.2) is 4.98 Å². The molecule has 17 heavy (non-hydrogen) atoms. The van der Waals surface area contributed by atoms with E-state index in [1.165, 1.54) is 57.6 Å². The van der Waals surface area contributed by atoms with Gasteiger partial charge in [-0.15, -0.1) is 0 Å². The van der Waals surface area contributed by atoms with Crippen molar-refractivity contribution in [3.63, 3.8) is 0 Å². The van der Waals surface area contributed by atoms with E-state index in [2.05, 4.69) is 21.5 Å². The van der Waals surface area contributed by atoms with Crippen molar-refractivity contribution >= 4 is 0 Å². The molecule has 0 bridgehead atoms. The first kappa shape index (κ1) is 11.3. The number of aromatic nitrogens is 2. The number of hydrogen-bond acceptors (Lipinski definition) is 2. The fourth-order valence-corrected chi connectivity index (χ4v) is 3.65. The summed E-state index contributed by atoms with van der Waals surface area (Å²) in [5.74, 6) is 1.22. The largest absolute Gasteiger partial charge is 0.338 e. The molecule has 2 aliphatic rings. The smallest absolute Gasteiger partial charge is 0.109 e. The number of rotatable bonds is 3. The molecule has 0 aromatic carbocycles. The lowest BCUT2D eigenvalue weighted by atomic mass is 9.86. The van der Waals surface area contributed by atoms with Gasteiger partial charge >= 0.3 is 0 Å². The molecule has 1 saturated heterocycles. The lowest BCUT2D eigenvalue weighted by Crippen LogP contribution is -2.27. The van der Waals surface area contributed by atoms with Crippen LogP contribution in [0.4, 0.5) is 0 Å². The highest BCUT2D eigenvalue weighted by molar-refractivity contribution is 4.96. The minimum atomic E-state index is 0.710. The third-order valence-corrected chi connectivity index (χ3v) is 4.75. The summed E-state index contributed by atoms with van der Waals surface area (Å²) >= 11 is 0. The van der Waals surface area contributed by atoms with E-state index in [1.807, 2.05) is 12.4 Å². The Hall–Kier alpha value is -0.830. The molecule has 2 fully saturated rings. The highest BCUT2D eigenvalue weighted by Gasteiger charge is 2.39. The van der Waals surface area contributed by atoms with E-state index < -0.39 is 0 Å². The van der Waals surface area contributed by atoms with Crippen LogP contribution in [0.2, 0.25) is 0 Å². The van der Waals surface area contributed by atoms with Gasteiger partial charge in [0.05, 0.1) is 0 Å². The van der Waals surface area contributed by atoms with E-state index in [9.17, 15) is 0 Å². The SMILES string of the molecule is Cn1ccnc1CCN1CCC2(CCCC2)C1. The minimum Gasteiger partial charge on any atom is -0.338 e. The summed E-state index contributed by atoms with van der Waals surface area (Å²) in [6.07, 6.45) is 12.4. The molecule has 0 amide bonds. The fraction of sp³-hybridized carbons (Fsp3) is 0.786. The van der Waals surface area contributed by atoms with Crippen LogP contribution in [0.1, 0.15) is 37.9 Å². The molecule has 94 valence electrons. The van der Waals surface area contributed by atoms with Crippen LogP contribution in [-0.2, 0) is 13.5 Å². The molecule has 1 spiro atoms. The first-order valence-corrected chi connectivity index (χ1v) is 6.96. The van der Waals surface area contributed by atoms with Crippen molar-refractivity contribution in [1.82, 2.24) is 14.5 Å². The third kappa shape index (κ3) is 2.25. The molecule has 1 aromatic heterocycles. The zero-order valence-electron chi connectivity index (χ0n) is 10.9. The molecule has 1 aromatic rings. The number of aryl methyl sites for hydroxylation is 1. The summed E-state index contributed by atoms with van der Waals surface area (Å²) in [5, 5.41) is 0. The second kappa shape index (κ2) is 4.45. The highest BCUT2D eigenvalue weighted by atomic mass is 15.2. The Morgan fingerprint density at radius 2 is 2.12 bits per heavy atom. The zero-order valence-corrected chi connectivity index (χ0v) is 10.9. The second-order valence-corrected chi connectivity index (χ2v) is 5.94. The quantitative estimate of drug-likeness (QED) is 0.798. The van der Waals surface area contributed by atoms with Crippen LogP contribution in [0.5, 0.6) is 0 Å². The van der Waals surface area contributed by atoms with Crippen LogP contribution >= 0.6 is 0 Å². The Kier molecular flexibility index (Phi) is 2.95. The molecular formula is C14H23N3. The van der Waals surface area contributed by atoms with E-state index in [4.69, 9.17) is 0 Å². The van der Waals surface area contributed by atoms with Gasteiger partial charge in [-0.3, -0.25) is 0 Å². The molecule has 3 heteroatoms. The maximum absolute atomic E-state index is 4.40. The van der Waals surface area contributed by atoms with Gasteiger partial charge in [0.2, 0.25) is 0 Å². The molecule has 2 heterocycles. The van der Waals surface area contributed by atoms with Crippen LogP contribution in [0, 0.1) is 5.41 Å². The van der Waals surface area contributed by atoms with Crippen LogP contribution in [0.3, 0.4) is 0 Å². The fourth-order valence-electron chi connectivity index (χ4n) is 3.65. The van der Waals surface area contributed by atoms with E-state index in [0.29, 0.717) is 5.41 Å². The summed E-state index contributed by atoms with van der Waals surface area (Å²) in [6.45, 7) is 3.84. The van der Waals surface area contributed by atoms with Crippen molar-refractivity contribution in [3.05, 3.63) is 18.2 Å². The average Bonchev–Trinajstić information content (AvgIpc) is 3.01. The first-order valence-electron chi connectivity index (χ1n) is 6.96. The molecule has 3 rings (SSSR count). The lowest BCUT2D eigenvalue weighted by molar-refractivity contribution is 0.262. The normalized spacial score (nSPS) is 23.8. The summed E-state index contributed by atoms with van der Waals surface area (Å²) < 4.78 is 2.14. The van der Waals surface area contributed by atoms with Gasteiger partial charge in [0.15, 0.2) is 0 Å². The predicted octanol–water partition coefficient (Wildman–Crippen LogP) is 2.23. The summed E-state index contributed by atoms with van der Waals surface area (Å²) in [5.41, 5.74) is 0.710. The van der Waals surface area contributed by atoms with Crippen LogP contribution in [-0.4, -0.2) is 34.1 Å². The van der Waals surface area contributed by atoms with Crippen molar-refractivity contribution in [1.29, 1.82) is 0 Å². The van der Waals surface area contributed by atoms with E-state index >= 15 is 0 Å². The molecule has 0 N–H and O–H groups in total. The second-order valence-electron chi connectivity index (χ2n) is 5.94. The van der Waals surface area contributed by atoms with Gasteiger partial charge < -0.3 is 9.47 Å². The van der Waals surface area contributed by atoms with Gasteiger partial charge in [-0.1, -0.05) is 12.8 Å². The van der Waals surface area contributed by atoms with Gasteiger partial charge in [-0.2, -0.15) is 0 Å². The molecule has 1 aliphatic carbocycles. The summed E-state index contributed by atoms with van der Waals surface area (Å²) in [4.78, 5) is 7.05. The molecule has 0 unspecified atom stereocenters. The third-order valence-electron chi connectivity index (χ3n) is 4.75. The van der Waals surface area contributed by atoms with Crippen LogP contribution < -0.4 is 0 Å². The van der Waals surface area contributed by atoms with Gasteiger partial charge in [0.1, 0.15) is 5.82 Å². The van der Waals surface area contributed by atoms with E-state index in [-0.39, 0.29) is 0 Å². The van der Waals surface area contributed by atoms with Gasteiger partial charge in [0, 0.05) is 39.0 Å². The first-order chi connectivity index (χ1) is 8.27. The Bertz CT molecular complexity index is 377. The summed E-state index contributed by atoms with van der Waals surface area (Å²) in [7, 11) is 2.09. The maximum atomic E-state index is 4.40. The van der Waals surface area contributed by atoms with Crippen LogP contribution in [0.15, 0.2) is 12.4 Å². The highest BCUT2D eigenvalue weighted by Crippen LogP contribution is 2.45. The Morgan fingerprint density at radius 3 is 2.82 bits per heavy atom. The molecule has 1 aliphatic heterocycles. The predicted molar refractivity (Wildman–Crippen MR) is 68.9 cm³/mol. The average molecular weight is 233 g/mol. The van der Waals surface area contributed by atoms with E-state index in [0.717, 1.165) is 6.42 Å². The molecule has 0 radical (unpaired) electrons. The Labute approximate surface area is 104 Å². The Balaban J connectivity index is 1.52. The van der Waals surface area contributed by atoms with Crippen molar-refractivity contribution in [2.75, 3.05) is 19.6 Å². The maximum Gasteiger partial charge on any atom is 0.109 e. The van der Waals surface area contributed by atoms with Gasteiger partial charge in [-0.05, 0) is 31.2 Å². The van der Waals surface area contributed by atoms with Crippen molar-refractivity contribution in [3.8, 4) is 0 Å². The van der Waals surface area contributed by atoms with E-state index in [1.54, 1.807) is 0 Å². The molecule has 0 atom stereocenters. The van der Waals surface area contributed by atoms with Crippen molar-refractivity contribution in [2.24, 2.45) is 12.5 Å². The summed E-state index contributed by atoms with van der Waals surface area (Å²) in [6, 6.07) is 0.